The summed E-state index contributed by atoms with van der Waals surface area (Å²) in [5.74, 6) is 0. The average Bonchev–Trinajstić information content (AvgIpc) is 2.22. The minimum atomic E-state index is -6.72. The summed E-state index contributed by atoms with van der Waals surface area (Å²) < 4.78 is 109. The molecule has 2 N–H and O–H groups in total. The van der Waals surface area contributed by atoms with Crippen molar-refractivity contribution in [2.24, 2.45) is 0 Å². The second-order valence-corrected chi connectivity index (χ2v) is 6.89. The monoisotopic (exact) mass is 368 g/mol. The van der Waals surface area contributed by atoms with Gasteiger partial charge in [-0.25, -0.2) is 16.8 Å². The summed E-state index contributed by atoms with van der Waals surface area (Å²) in [6, 6.07) is 0. The number of unbranched alkanes of at least 4 members (excludes halogenated alkanes) is 1. The van der Waals surface area contributed by atoms with Crippen molar-refractivity contribution in [2.45, 2.75) is 30.8 Å². The number of hydrogen-bond donors (Lipinski definition) is 1. The van der Waals surface area contributed by atoms with E-state index in [4.69, 9.17) is 0 Å². The molecule has 0 unspecified atom stereocenters. The summed E-state index contributed by atoms with van der Waals surface area (Å²) in [5.41, 5.74) is -12.4. The maximum absolute atomic E-state index is 11.4. The molecule has 21 heavy (non-hydrogen) atoms. The van der Waals surface area contributed by atoms with Crippen LogP contribution < -0.4 is 5.32 Å². The lowest BCUT2D eigenvalue weighted by Crippen LogP contribution is -2.79. The largest absolute Gasteiger partial charge is 0.480 e. The third-order valence-corrected chi connectivity index (χ3v) is 4.37. The molecule has 130 valence electrons. The summed E-state index contributed by atoms with van der Waals surface area (Å²) in [4.78, 5) is 0. The molecule has 0 aromatic carbocycles. The molecule has 0 aromatic rings. The van der Waals surface area contributed by atoms with Crippen molar-refractivity contribution in [3.8, 4) is 0 Å². The fourth-order valence-electron chi connectivity index (χ4n) is 0.622. The van der Waals surface area contributed by atoms with Gasteiger partial charge >= 0.3 is 11.0 Å². The van der Waals surface area contributed by atoms with Crippen molar-refractivity contribution >= 4 is 20.0 Å². The van der Waals surface area contributed by atoms with Crippen LogP contribution in [0, 0.1) is 0 Å². The maximum atomic E-state index is 11.4. The van der Waals surface area contributed by atoms with Crippen LogP contribution in [-0.2, 0) is 20.0 Å². The van der Waals surface area contributed by atoms with Crippen molar-refractivity contribution in [3.05, 3.63) is 4.13 Å². The van der Waals surface area contributed by atoms with Crippen LogP contribution in [-0.4, -0.2) is 41.4 Å². The molecule has 0 aliphatic rings. The molecule has 0 fully saturated rings. The second-order valence-electron chi connectivity index (χ2n) is 3.47. The number of alkyl halides is 6. The lowest BCUT2D eigenvalue weighted by Gasteiger charge is -2.22. The first-order chi connectivity index (χ1) is 9.12. The van der Waals surface area contributed by atoms with Crippen molar-refractivity contribution in [2.75, 3.05) is 13.6 Å². The van der Waals surface area contributed by atoms with Crippen molar-refractivity contribution in [3.63, 3.8) is 0 Å². The lowest BCUT2D eigenvalue weighted by molar-refractivity contribution is -0.627. The molecular weight excluding hydrogens is 354 g/mol. The minimum absolute atomic E-state index is 0.778. The molecule has 0 bridgehead atoms. The highest BCUT2D eigenvalue weighted by Gasteiger charge is 2.46. The molecule has 0 saturated carbocycles. The number of nitrogens with zero attached hydrogens (tertiary/aromatic N) is 1. The molecule has 0 amide bonds. The van der Waals surface area contributed by atoms with E-state index >= 15 is 0 Å². The molecule has 0 aliphatic carbocycles. The Bertz CT molecular complexity index is 450. The van der Waals surface area contributed by atoms with Gasteiger partial charge in [-0.15, -0.1) is 0 Å². The Morgan fingerprint density at radius 1 is 0.905 bits per heavy atom. The third kappa shape index (κ3) is 8.43. The quantitative estimate of drug-likeness (QED) is 0.579. The number of quaternary nitrogens is 1. The van der Waals surface area contributed by atoms with Crippen LogP contribution in [0.15, 0.2) is 0 Å². The molecular formula is C7H14F6N2O4S2. The highest BCUT2D eigenvalue weighted by atomic mass is 32.3. The standard InChI is InChI=1S/C5H13N.C2F6NO4S2/c1-3-4-5-6-2;3-1(4,5)14(10,11)9-15(12,13)2(6,7)8/h6H,3-5H2,1-2H3;/q;-1/p+1. The van der Waals surface area contributed by atoms with Crippen molar-refractivity contribution in [1.82, 2.24) is 0 Å². The Balaban J connectivity index is 0. The van der Waals surface area contributed by atoms with Crippen LogP contribution >= 0.6 is 0 Å². The first-order valence-corrected chi connectivity index (χ1v) is 8.15. The van der Waals surface area contributed by atoms with Crippen LogP contribution in [0.2, 0.25) is 0 Å². The fourth-order valence-corrected chi connectivity index (χ4v) is 2.33. The summed E-state index contributed by atoms with van der Waals surface area (Å²) >= 11 is 0. The number of hydrogen-bond acceptors (Lipinski definition) is 4. The predicted molar refractivity (Wildman–Crippen MR) is 60.9 cm³/mol. The van der Waals surface area contributed by atoms with Gasteiger partial charge in [0.15, 0.2) is 20.0 Å². The molecule has 0 rings (SSSR count). The molecule has 14 heteroatoms. The average molecular weight is 368 g/mol. The number of rotatable bonds is 5. The summed E-state index contributed by atoms with van der Waals surface area (Å²) in [6.07, 6.45) is 2.68. The van der Waals surface area contributed by atoms with Gasteiger partial charge in [0.05, 0.1) is 13.6 Å². The smallest absolute Gasteiger partial charge is 0.421 e. The highest BCUT2D eigenvalue weighted by molar-refractivity contribution is 8.13. The predicted octanol–water partition coefficient (Wildman–Crippen LogP) is 1.04. The second kappa shape index (κ2) is 8.14. The zero-order valence-electron chi connectivity index (χ0n) is 10.9. The maximum Gasteiger partial charge on any atom is 0.480 e. The number of halogens is 6. The molecule has 0 saturated heterocycles. The van der Waals surface area contributed by atoms with E-state index in [0.717, 1.165) is 4.13 Å². The van der Waals surface area contributed by atoms with Crippen LogP contribution in [0.4, 0.5) is 26.3 Å². The lowest BCUT2D eigenvalue weighted by atomic mass is 10.3. The molecule has 6 nitrogen and oxygen atoms in total. The van der Waals surface area contributed by atoms with Gasteiger partial charge in [0.2, 0.25) is 0 Å². The van der Waals surface area contributed by atoms with Gasteiger partial charge in [-0.3, -0.25) is 0 Å². The van der Waals surface area contributed by atoms with Gasteiger partial charge in [-0.1, -0.05) is 13.3 Å². The van der Waals surface area contributed by atoms with Crippen molar-refractivity contribution in [1.29, 1.82) is 0 Å². The van der Waals surface area contributed by atoms with Crippen LogP contribution in [0.5, 0.6) is 0 Å². The van der Waals surface area contributed by atoms with E-state index in [1.165, 1.54) is 19.4 Å². The Hall–Kier alpha value is -0.600. The molecule has 0 aromatic heterocycles. The Morgan fingerprint density at radius 2 is 1.24 bits per heavy atom. The van der Waals surface area contributed by atoms with Crippen LogP contribution in [0.1, 0.15) is 19.8 Å². The Kier molecular flexibility index (Phi) is 8.79. The summed E-state index contributed by atoms with van der Waals surface area (Å²) in [5, 5.41) is 2.21. The molecule has 0 radical (unpaired) electrons. The van der Waals surface area contributed by atoms with Crippen molar-refractivity contribution < 1.29 is 48.5 Å². The van der Waals surface area contributed by atoms with Gasteiger partial charge in [-0.2, -0.15) is 26.3 Å². The number of sulfonamides is 2. The first kappa shape index (κ1) is 22.7. The van der Waals surface area contributed by atoms with E-state index in [9.17, 15) is 43.2 Å². The van der Waals surface area contributed by atoms with Gasteiger partial charge in [-0.05, 0) is 6.42 Å². The number of nitrogens with two attached hydrogens (primary N) is 1. The fraction of sp³-hybridized carbons (Fsp3) is 1.00. The first-order valence-electron chi connectivity index (χ1n) is 5.27. The zero-order chi connectivity index (χ0) is 17.5. The van der Waals surface area contributed by atoms with Gasteiger partial charge < -0.3 is 9.44 Å². The van der Waals surface area contributed by atoms with Gasteiger partial charge in [0.25, 0.3) is 0 Å². The van der Waals surface area contributed by atoms with E-state index in [0.29, 0.717) is 0 Å². The highest BCUT2D eigenvalue weighted by Crippen LogP contribution is 2.36. The van der Waals surface area contributed by atoms with E-state index in [1.54, 1.807) is 0 Å². The van der Waals surface area contributed by atoms with E-state index < -0.39 is 31.1 Å². The van der Waals surface area contributed by atoms with Gasteiger partial charge in [0, 0.05) is 0 Å². The SMILES string of the molecule is CCCC[NH2+]C.O=S(=O)([N-]S(=O)(=O)C(F)(F)F)C(F)(F)F. The molecule has 0 spiro atoms. The molecule has 0 heterocycles. The van der Waals surface area contributed by atoms with E-state index in [-0.39, 0.29) is 0 Å². The third-order valence-electron chi connectivity index (χ3n) is 1.63. The minimum Gasteiger partial charge on any atom is -0.421 e. The van der Waals surface area contributed by atoms with Crippen LogP contribution in [0.25, 0.3) is 4.13 Å². The molecule has 0 atom stereocenters. The Labute approximate surface area is 118 Å². The van der Waals surface area contributed by atoms with E-state index in [2.05, 4.69) is 19.3 Å². The summed E-state index contributed by atoms with van der Waals surface area (Å²) in [7, 11) is -11.3. The topological polar surface area (TPSA) is 99.0 Å². The zero-order valence-corrected chi connectivity index (χ0v) is 12.5. The normalized spacial score (nSPS) is 13.5. The molecule has 0 aliphatic heterocycles. The van der Waals surface area contributed by atoms with Gasteiger partial charge in [0.1, 0.15) is 0 Å². The van der Waals surface area contributed by atoms with E-state index in [1.807, 2.05) is 0 Å². The van der Waals surface area contributed by atoms with Crippen LogP contribution in [0.3, 0.4) is 0 Å². The summed E-state index contributed by atoms with van der Waals surface area (Å²) in [6.45, 7) is 3.50. The Morgan fingerprint density at radius 3 is 1.38 bits per heavy atom.